The molecule has 8 heteroatoms. The minimum Gasteiger partial charge on any atom is -0.479 e. The molecule has 8 nitrogen and oxygen atoms in total. The summed E-state index contributed by atoms with van der Waals surface area (Å²) in [5.41, 5.74) is 0.898. The van der Waals surface area contributed by atoms with Crippen LogP contribution in [0.3, 0.4) is 0 Å². The van der Waals surface area contributed by atoms with Crippen LogP contribution in [0, 0.1) is 0 Å². The maximum atomic E-state index is 12.5. The SMILES string of the molecule is CCCC(=O)c1ccc2c(c1)N(CC(=O)NCCNC(C)=O)C(=O)C(C)O2. The molecule has 27 heavy (non-hydrogen) atoms. The molecule has 0 radical (unpaired) electrons. The average Bonchev–Trinajstić information content (AvgIpc) is 2.62. The van der Waals surface area contributed by atoms with Crippen LogP contribution in [-0.4, -0.2) is 49.2 Å². The molecule has 0 spiro atoms. The first kappa shape index (κ1) is 20.4. The largest absolute Gasteiger partial charge is 0.479 e. The van der Waals surface area contributed by atoms with Crippen LogP contribution < -0.4 is 20.3 Å². The second kappa shape index (κ2) is 9.16. The third-order valence-electron chi connectivity index (χ3n) is 4.09. The Morgan fingerprint density at radius 3 is 2.56 bits per heavy atom. The minimum atomic E-state index is -0.720. The van der Waals surface area contributed by atoms with E-state index >= 15 is 0 Å². The van der Waals surface area contributed by atoms with E-state index in [1.807, 2.05) is 6.92 Å². The van der Waals surface area contributed by atoms with Crippen LogP contribution in [0.2, 0.25) is 0 Å². The fourth-order valence-corrected chi connectivity index (χ4v) is 2.75. The van der Waals surface area contributed by atoms with Crippen molar-refractivity contribution in [2.45, 2.75) is 39.7 Å². The van der Waals surface area contributed by atoms with Gasteiger partial charge in [-0.3, -0.25) is 24.1 Å². The van der Waals surface area contributed by atoms with Gasteiger partial charge in [0.2, 0.25) is 11.8 Å². The smallest absolute Gasteiger partial charge is 0.268 e. The third kappa shape index (κ3) is 5.29. The van der Waals surface area contributed by atoms with Crippen LogP contribution in [0.25, 0.3) is 0 Å². The molecule has 0 aliphatic carbocycles. The molecule has 0 fully saturated rings. The predicted octanol–water partition coefficient (Wildman–Crippen LogP) is 1.04. The molecular weight excluding hydrogens is 350 g/mol. The molecule has 1 aromatic carbocycles. The summed E-state index contributed by atoms with van der Waals surface area (Å²) in [6.07, 6.45) is 0.415. The molecule has 3 amide bonds. The quantitative estimate of drug-likeness (QED) is 0.522. The van der Waals surface area contributed by atoms with Gasteiger partial charge in [-0.2, -0.15) is 0 Å². The lowest BCUT2D eigenvalue weighted by Gasteiger charge is -2.32. The van der Waals surface area contributed by atoms with E-state index in [2.05, 4.69) is 10.6 Å². The van der Waals surface area contributed by atoms with E-state index < -0.39 is 6.10 Å². The van der Waals surface area contributed by atoms with Gasteiger partial charge in [-0.25, -0.2) is 0 Å². The van der Waals surface area contributed by atoms with E-state index in [0.717, 1.165) is 6.42 Å². The van der Waals surface area contributed by atoms with Gasteiger partial charge in [0.15, 0.2) is 11.9 Å². The van der Waals surface area contributed by atoms with Crippen molar-refractivity contribution in [3.8, 4) is 5.75 Å². The first-order valence-corrected chi connectivity index (χ1v) is 9.00. The van der Waals surface area contributed by atoms with E-state index in [1.165, 1.54) is 11.8 Å². The normalized spacial score (nSPS) is 15.6. The molecule has 1 atom stereocenters. The lowest BCUT2D eigenvalue weighted by atomic mass is 10.0. The monoisotopic (exact) mass is 375 g/mol. The first-order valence-electron chi connectivity index (χ1n) is 9.00. The Balaban J connectivity index is 2.14. The Bertz CT molecular complexity index is 747. The maximum Gasteiger partial charge on any atom is 0.268 e. The van der Waals surface area contributed by atoms with E-state index in [9.17, 15) is 19.2 Å². The first-order chi connectivity index (χ1) is 12.8. The lowest BCUT2D eigenvalue weighted by molar-refractivity contribution is -0.128. The van der Waals surface area contributed by atoms with Gasteiger partial charge in [-0.1, -0.05) is 6.92 Å². The highest BCUT2D eigenvalue weighted by atomic mass is 16.5. The van der Waals surface area contributed by atoms with Gasteiger partial charge in [-0.15, -0.1) is 0 Å². The second-order valence-corrected chi connectivity index (χ2v) is 6.37. The zero-order chi connectivity index (χ0) is 20.0. The molecule has 0 saturated carbocycles. The number of nitrogens with zero attached hydrogens (tertiary/aromatic N) is 1. The van der Waals surface area contributed by atoms with Crippen LogP contribution in [-0.2, 0) is 14.4 Å². The average molecular weight is 375 g/mol. The van der Waals surface area contributed by atoms with Crippen LogP contribution in [0.5, 0.6) is 5.75 Å². The Morgan fingerprint density at radius 1 is 1.19 bits per heavy atom. The number of ether oxygens (including phenoxy) is 1. The Hall–Kier alpha value is -2.90. The molecular formula is C19H25N3O5. The second-order valence-electron chi connectivity index (χ2n) is 6.37. The number of ketones is 1. The molecule has 1 aliphatic rings. The summed E-state index contributed by atoms with van der Waals surface area (Å²) in [5.74, 6) is -0.453. The van der Waals surface area contributed by atoms with Gasteiger partial charge in [0.25, 0.3) is 5.91 Å². The van der Waals surface area contributed by atoms with Crippen molar-refractivity contribution in [1.29, 1.82) is 0 Å². The summed E-state index contributed by atoms with van der Waals surface area (Å²) < 4.78 is 5.59. The van der Waals surface area contributed by atoms with Gasteiger partial charge in [-0.05, 0) is 31.5 Å². The number of hydrogen-bond donors (Lipinski definition) is 2. The van der Waals surface area contributed by atoms with Crippen molar-refractivity contribution in [2.24, 2.45) is 0 Å². The zero-order valence-electron chi connectivity index (χ0n) is 15.8. The number of amides is 3. The molecule has 0 saturated heterocycles. The summed E-state index contributed by atoms with van der Waals surface area (Å²) in [4.78, 5) is 49.1. The number of benzene rings is 1. The number of hydrogen-bond acceptors (Lipinski definition) is 5. The number of fused-ring (bicyclic) bond motifs is 1. The van der Waals surface area contributed by atoms with Crippen molar-refractivity contribution in [3.05, 3.63) is 23.8 Å². The molecule has 0 aromatic heterocycles. The maximum absolute atomic E-state index is 12.5. The van der Waals surface area contributed by atoms with Crippen molar-refractivity contribution in [2.75, 3.05) is 24.5 Å². The molecule has 1 aliphatic heterocycles. The van der Waals surface area contributed by atoms with Crippen molar-refractivity contribution < 1.29 is 23.9 Å². The Kier molecular flexibility index (Phi) is 6.92. The molecule has 1 aromatic rings. The van der Waals surface area contributed by atoms with Crippen LogP contribution >= 0.6 is 0 Å². The van der Waals surface area contributed by atoms with Crippen molar-refractivity contribution in [1.82, 2.24) is 10.6 Å². The highest BCUT2D eigenvalue weighted by Crippen LogP contribution is 2.35. The zero-order valence-corrected chi connectivity index (χ0v) is 15.8. The van der Waals surface area contributed by atoms with Crippen LogP contribution in [0.15, 0.2) is 18.2 Å². The standard InChI is InChI=1S/C19H25N3O5/c1-4-5-16(24)14-6-7-17-15(10-14)22(19(26)12(2)27-17)11-18(25)21-9-8-20-13(3)23/h6-7,10,12H,4-5,8-9,11H2,1-3H3,(H,20,23)(H,21,25). The van der Waals surface area contributed by atoms with E-state index in [0.29, 0.717) is 30.0 Å². The van der Waals surface area contributed by atoms with Crippen molar-refractivity contribution >= 4 is 29.2 Å². The molecule has 146 valence electrons. The molecule has 1 unspecified atom stereocenters. The fraction of sp³-hybridized carbons (Fsp3) is 0.474. The number of rotatable bonds is 8. The van der Waals surface area contributed by atoms with Gasteiger partial charge in [0.1, 0.15) is 12.3 Å². The van der Waals surface area contributed by atoms with Crippen LogP contribution in [0.1, 0.15) is 44.0 Å². The summed E-state index contributed by atoms with van der Waals surface area (Å²) in [6.45, 7) is 5.30. The molecule has 2 N–H and O–H groups in total. The summed E-state index contributed by atoms with van der Waals surface area (Å²) in [7, 11) is 0. The predicted molar refractivity (Wildman–Crippen MR) is 99.8 cm³/mol. The number of Topliss-reactive ketones (excluding diaryl/α,β-unsaturated/α-hetero) is 1. The third-order valence-corrected chi connectivity index (χ3v) is 4.09. The lowest BCUT2D eigenvalue weighted by Crippen LogP contribution is -2.49. The number of anilines is 1. The van der Waals surface area contributed by atoms with E-state index in [1.54, 1.807) is 25.1 Å². The molecule has 0 bridgehead atoms. The Morgan fingerprint density at radius 2 is 1.89 bits per heavy atom. The highest BCUT2D eigenvalue weighted by molar-refractivity contribution is 6.05. The fourth-order valence-electron chi connectivity index (χ4n) is 2.75. The number of nitrogens with one attached hydrogen (secondary N) is 2. The Labute approximate surface area is 158 Å². The number of carbonyl (C=O) groups excluding carboxylic acids is 4. The van der Waals surface area contributed by atoms with Crippen molar-refractivity contribution in [3.63, 3.8) is 0 Å². The van der Waals surface area contributed by atoms with E-state index in [-0.39, 0.29) is 36.6 Å². The molecule has 1 heterocycles. The summed E-state index contributed by atoms with van der Waals surface area (Å²) in [5, 5.41) is 5.23. The van der Waals surface area contributed by atoms with Gasteiger partial charge in [0, 0.05) is 32.0 Å². The topological polar surface area (TPSA) is 105 Å². The summed E-state index contributed by atoms with van der Waals surface area (Å²) in [6, 6.07) is 4.93. The van der Waals surface area contributed by atoms with Gasteiger partial charge in [0.05, 0.1) is 5.69 Å². The summed E-state index contributed by atoms with van der Waals surface area (Å²) >= 11 is 0. The minimum absolute atomic E-state index is 0.0221. The van der Waals surface area contributed by atoms with Gasteiger partial charge >= 0.3 is 0 Å². The number of carbonyl (C=O) groups is 4. The highest BCUT2D eigenvalue weighted by Gasteiger charge is 2.33. The van der Waals surface area contributed by atoms with E-state index in [4.69, 9.17) is 4.74 Å². The van der Waals surface area contributed by atoms with Crippen LogP contribution in [0.4, 0.5) is 5.69 Å². The van der Waals surface area contributed by atoms with Gasteiger partial charge < -0.3 is 15.4 Å². The molecule has 2 rings (SSSR count).